The predicted octanol–water partition coefficient (Wildman–Crippen LogP) is 4.68. The number of thiazole rings is 1. The fourth-order valence-electron chi connectivity index (χ4n) is 4.70. The summed E-state index contributed by atoms with van der Waals surface area (Å²) in [6.45, 7) is 0. The molecule has 2 aliphatic rings. The van der Waals surface area contributed by atoms with Crippen molar-refractivity contribution in [3.63, 3.8) is 0 Å². The van der Waals surface area contributed by atoms with Crippen LogP contribution in [0.2, 0.25) is 0 Å². The van der Waals surface area contributed by atoms with Gasteiger partial charge in [0.25, 0.3) is 0 Å². The molecule has 8 nitrogen and oxygen atoms in total. The largest absolute Gasteiger partial charge is 0.493 e. The molecule has 1 amide bonds. The van der Waals surface area contributed by atoms with Gasteiger partial charge in [-0.3, -0.25) is 4.79 Å². The van der Waals surface area contributed by atoms with E-state index in [0.29, 0.717) is 28.8 Å². The first-order valence-corrected chi connectivity index (χ1v) is 12.0. The third-order valence-electron chi connectivity index (χ3n) is 6.34. The Kier molecular flexibility index (Phi) is 4.98. The van der Waals surface area contributed by atoms with Gasteiger partial charge in [0.1, 0.15) is 5.82 Å². The lowest BCUT2D eigenvalue weighted by atomic mass is 9.87. The maximum atomic E-state index is 12.7. The maximum Gasteiger partial charge on any atom is 0.226 e. The van der Waals surface area contributed by atoms with Gasteiger partial charge in [0.2, 0.25) is 11.0 Å². The zero-order chi connectivity index (χ0) is 22.4. The molecule has 1 fully saturated rings. The van der Waals surface area contributed by atoms with Gasteiger partial charge in [-0.15, -0.1) is 0 Å². The van der Waals surface area contributed by atoms with Crippen LogP contribution in [0.15, 0.2) is 42.7 Å². The van der Waals surface area contributed by atoms with Crippen molar-refractivity contribution in [3.8, 4) is 16.6 Å². The first-order valence-electron chi connectivity index (χ1n) is 11.1. The second kappa shape index (κ2) is 8.15. The molecule has 1 aliphatic heterocycles. The molecular formula is C24H23N5O3S. The van der Waals surface area contributed by atoms with Crippen molar-refractivity contribution < 1.29 is 14.3 Å². The molecule has 0 radical (unpaired) electrons. The minimum atomic E-state index is -0.133. The van der Waals surface area contributed by atoms with Gasteiger partial charge in [0.05, 0.1) is 24.1 Å². The number of anilines is 1. The Bertz CT molecular complexity index is 1310. The number of nitrogens with zero attached hydrogens (tertiary/aromatic N) is 4. The van der Waals surface area contributed by atoms with Gasteiger partial charge in [0, 0.05) is 24.1 Å². The van der Waals surface area contributed by atoms with Crippen molar-refractivity contribution in [1.82, 2.24) is 19.7 Å². The van der Waals surface area contributed by atoms with Crippen molar-refractivity contribution in [2.45, 2.75) is 44.1 Å². The van der Waals surface area contributed by atoms with Crippen LogP contribution in [0, 0.1) is 0 Å². The number of benzene rings is 1. The SMILES string of the molecule is COc1ccc(C2CC(=O)Nc3c2cnn3-c2nc3ncccc3s2)cc1OC1CCCC1. The number of pyridine rings is 1. The van der Waals surface area contributed by atoms with Crippen molar-refractivity contribution in [2.24, 2.45) is 0 Å². The molecule has 1 N–H and O–H groups in total. The van der Waals surface area contributed by atoms with Crippen LogP contribution in [0.3, 0.4) is 0 Å². The van der Waals surface area contributed by atoms with Crippen LogP contribution >= 0.6 is 11.3 Å². The molecule has 4 heterocycles. The summed E-state index contributed by atoms with van der Waals surface area (Å²) >= 11 is 1.49. The lowest BCUT2D eigenvalue weighted by Crippen LogP contribution is -2.24. The topological polar surface area (TPSA) is 91.2 Å². The predicted molar refractivity (Wildman–Crippen MR) is 126 cm³/mol. The number of hydrogen-bond acceptors (Lipinski definition) is 7. The Morgan fingerprint density at radius 2 is 2.06 bits per heavy atom. The van der Waals surface area contributed by atoms with Gasteiger partial charge in [-0.25, -0.2) is 4.98 Å². The quantitative estimate of drug-likeness (QED) is 0.464. The van der Waals surface area contributed by atoms with Gasteiger partial charge in [-0.1, -0.05) is 17.4 Å². The third-order valence-corrected chi connectivity index (χ3v) is 7.33. The van der Waals surface area contributed by atoms with Gasteiger partial charge >= 0.3 is 0 Å². The van der Waals surface area contributed by atoms with Crippen LogP contribution in [-0.2, 0) is 4.79 Å². The number of methoxy groups -OCH3 is 1. The standard InChI is InChI=1S/C24H23N5O3S/c1-31-18-9-8-14(11-19(18)32-15-5-2-3-6-15)16-12-21(30)27-23-17(16)13-26-29(23)24-28-22-20(33-24)7-4-10-25-22/h4,7-11,13,15-16H,2-3,5-6,12H2,1H3,(H,27,30). The summed E-state index contributed by atoms with van der Waals surface area (Å²) in [4.78, 5) is 21.6. The van der Waals surface area contributed by atoms with E-state index in [9.17, 15) is 4.79 Å². The van der Waals surface area contributed by atoms with Crippen molar-refractivity contribution >= 4 is 33.4 Å². The molecule has 6 rings (SSSR count). The molecule has 0 bridgehead atoms. The Morgan fingerprint density at radius 1 is 1.18 bits per heavy atom. The van der Waals surface area contributed by atoms with E-state index in [1.165, 1.54) is 24.2 Å². The average Bonchev–Trinajstić information content (AvgIpc) is 3.57. The number of fused-ring (bicyclic) bond motifs is 2. The smallest absolute Gasteiger partial charge is 0.226 e. The molecule has 1 aromatic carbocycles. The fourth-order valence-corrected chi connectivity index (χ4v) is 5.59. The molecular weight excluding hydrogens is 438 g/mol. The highest BCUT2D eigenvalue weighted by Gasteiger charge is 2.32. The number of amides is 1. The van der Waals surface area contributed by atoms with E-state index in [4.69, 9.17) is 9.47 Å². The minimum absolute atomic E-state index is 0.0532. The van der Waals surface area contributed by atoms with Crippen LogP contribution in [-0.4, -0.2) is 38.9 Å². The highest BCUT2D eigenvalue weighted by molar-refractivity contribution is 7.20. The Morgan fingerprint density at radius 3 is 2.88 bits per heavy atom. The number of carbonyl (C=O) groups excluding carboxylic acids is 1. The molecule has 9 heteroatoms. The Labute approximate surface area is 194 Å². The summed E-state index contributed by atoms with van der Waals surface area (Å²) in [6.07, 6.45) is 8.61. The Balaban J connectivity index is 1.38. The molecule has 168 valence electrons. The number of hydrogen-bond donors (Lipinski definition) is 1. The minimum Gasteiger partial charge on any atom is -0.493 e. The summed E-state index contributed by atoms with van der Waals surface area (Å²) in [6, 6.07) is 9.81. The van der Waals surface area contributed by atoms with Crippen molar-refractivity contribution in [2.75, 3.05) is 12.4 Å². The summed E-state index contributed by atoms with van der Waals surface area (Å²) < 4.78 is 14.5. The van der Waals surface area contributed by atoms with E-state index in [1.807, 2.05) is 36.5 Å². The molecule has 4 aromatic rings. The first-order chi connectivity index (χ1) is 16.2. The van der Waals surface area contributed by atoms with Crippen LogP contribution in [0.5, 0.6) is 11.5 Å². The number of aromatic nitrogens is 4. The monoisotopic (exact) mass is 461 g/mol. The lowest BCUT2D eigenvalue weighted by molar-refractivity contribution is -0.116. The van der Waals surface area contributed by atoms with E-state index in [1.54, 1.807) is 18.0 Å². The van der Waals surface area contributed by atoms with Crippen LogP contribution in [0.25, 0.3) is 15.5 Å². The number of ether oxygens (including phenoxy) is 2. The molecule has 33 heavy (non-hydrogen) atoms. The molecule has 3 aromatic heterocycles. The van der Waals surface area contributed by atoms with Crippen molar-refractivity contribution in [3.05, 3.63) is 53.9 Å². The third kappa shape index (κ3) is 3.62. The lowest BCUT2D eigenvalue weighted by Gasteiger charge is -2.24. The highest BCUT2D eigenvalue weighted by Crippen LogP contribution is 2.42. The maximum absolute atomic E-state index is 12.7. The van der Waals surface area contributed by atoms with E-state index in [-0.39, 0.29) is 17.9 Å². The van der Waals surface area contributed by atoms with Gasteiger partial charge in [-0.2, -0.15) is 14.8 Å². The van der Waals surface area contributed by atoms with Crippen LogP contribution in [0.4, 0.5) is 5.82 Å². The number of nitrogens with one attached hydrogen (secondary N) is 1. The number of rotatable bonds is 5. The van der Waals surface area contributed by atoms with Crippen molar-refractivity contribution in [1.29, 1.82) is 0 Å². The first kappa shape index (κ1) is 20.2. The summed E-state index contributed by atoms with van der Waals surface area (Å²) in [5, 5.41) is 8.25. The normalized spacial score (nSPS) is 18.3. The second-order valence-corrected chi connectivity index (χ2v) is 9.43. The zero-order valence-electron chi connectivity index (χ0n) is 18.2. The van der Waals surface area contributed by atoms with Crippen LogP contribution in [0.1, 0.15) is 49.1 Å². The second-order valence-electron chi connectivity index (χ2n) is 8.42. The van der Waals surface area contributed by atoms with Gasteiger partial charge in [0.15, 0.2) is 17.1 Å². The van der Waals surface area contributed by atoms with E-state index < -0.39 is 0 Å². The number of carbonyl (C=O) groups is 1. The average molecular weight is 462 g/mol. The molecule has 1 unspecified atom stereocenters. The highest BCUT2D eigenvalue weighted by atomic mass is 32.1. The molecule has 1 saturated carbocycles. The van der Waals surface area contributed by atoms with E-state index >= 15 is 0 Å². The molecule has 0 spiro atoms. The van der Waals surface area contributed by atoms with Gasteiger partial charge < -0.3 is 14.8 Å². The van der Waals surface area contributed by atoms with E-state index in [2.05, 4.69) is 20.4 Å². The zero-order valence-corrected chi connectivity index (χ0v) is 19.0. The molecule has 0 saturated heterocycles. The van der Waals surface area contributed by atoms with E-state index in [0.717, 1.165) is 34.4 Å². The van der Waals surface area contributed by atoms with Crippen LogP contribution < -0.4 is 14.8 Å². The summed E-state index contributed by atoms with van der Waals surface area (Å²) in [5.74, 6) is 1.92. The van der Waals surface area contributed by atoms with Gasteiger partial charge in [-0.05, 0) is 55.5 Å². The summed E-state index contributed by atoms with van der Waals surface area (Å²) in [7, 11) is 1.65. The Hall–Kier alpha value is -3.46. The molecule has 1 aliphatic carbocycles. The fraction of sp³-hybridized carbons (Fsp3) is 0.333. The molecule has 1 atom stereocenters. The summed E-state index contributed by atoms with van der Waals surface area (Å²) in [5.41, 5.74) is 2.63.